The Hall–Kier alpha value is -0.420. The summed E-state index contributed by atoms with van der Waals surface area (Å²) in [6.45, 7) is 9.81. The number of thiophene rings is 1. The van der Waals surface area contributed by atoms with Crippen molar-refractivity contribution in [2.45, 2.75) is 51.2 Å². The summed E-state index contributed by atoms with van der Waals surface area (Å²) in [6.07, 6.45) is 3.93. The molecule has 0 amide bonds. The van der Waals surface area contributed by atoms with E-state index in [0.717, 1.165) is 71.0 Å². The SMILES string of the molecule is CCNC(=NCC1(O)CCCC1)NCC(c1ccc(C)s1)N1CCOCC1.I. The topological polar surface area (TPSA) is 69.1 Å². The van der Waals surface area contributed by atoms with Crippen LogP contribution in [-0.4, -0.2) is 67.5 Å². The molecule has 28 heavy (non-hydrogen) atoms. The summed E-state index contributed by atoms with van der Waals surface area (Å²) in [5, 5.41) is 17.4. The molecule has 0 radical (unpaired) electrons. The lowest BCUT2D eigenvalue weighted by Crippen LogP contribution is -2.46. The van der Waals surface area contributed by atoms with E-state index in [1.54, 1.807) is 0 Å². The Bertz CT molecular complexity index is 613. The van der Waals surface area contributed by atoms with E-state index in [1.807, 2.05) is 11.3 Å². The third kappa shape index (κ3) is 6.83. The van der Waals surface area contributed by atoms with Gasteiger partial charge in [0.25, 0.3) is 0 Å². The highest BCUT2D eigenvalue weighted by molar-refractivity contribution is 14.0. The van der Waals surface area contributed by atoms with E-state index in [2.05, 4.69) is 46.5 Å². The first kappa shape index (κ1) is 23.9. The molecule has 1 unspecified atom stereocenters. The molecule has 160 valence electrons. The Kier molecular flexibility index (Phi) is 9.96. The van der Waals surface area contributed by atoms with Crippen molar-refractivity contribution in [1.82, 2.24) is 15.5 Å². The molecule has 6 nitrogen and oxygen atoms in total. The van der Waals surface area contributed by atoms with Crippen LogP contribution in [0, 0.1) is 6.92 Å². The third-order valence-electron chi connectivity index (χ3n) is 5.45. The number of aliphatic hydroxyl groups is 1. The van der Waals surface area contributed by atoms with Crippen LogP contribution in [0.25, 0.3) is 0 Å². The molecule has 3 rings (SSSR count). The van der Waals surface area contributed by atoms with Gasteiger partial charge in [0.05, 0.1) is 31.4 Å². The highest BCUT2D eigenvalue weighted by Crippen LogP contribution is 2.30. The van der Waals surface area contributed by atoms with E-state index in [9.17, 15) is 5.11 Å². The minimum absolute atomic E-state index is 0. The van der Waals surface area contributed by atoms with Crippen LogP contribution in [0.15, 0.2) is 17.1 Å². The molecule has 3 N–H and O–H groups in total. The monoisotopic (exact) mass is 522 g/mol. The molecule has 1 atom stereocenters. The van der Waals surface area contributed by atoms with Crippen LogP contribution in [0.2, 0.25) is 0 Å². The second-order valence-corrected chi connectivity index (χ2v) is 8.94. The second kappa shape index (κ2) is 11.7. The van der Waals surface area contributed by atoms with Crippen LogP contribution in [0.1, 0.15) is 48.4 Å². The van der Waals surface area contributed by atoms with E-state index in [-0.39, 0.29) is 24.0 Å². The Balaban J connectivity index is 0.00000280. The summed E-state index contributed by atoms with van der Waals surface area (Å²) >= 11 is 1.86. The van der Waals surface area contributed by atoms with Gasteiger partial charge < -0.3 is 20.5 Å². The fraction of sp³-hybridized carbons (Fsp3) is 0.750. The molecule has 0 bridgehead atoms. The molecule has 0 aromatic carbocycles. The highest BCUT2D eigenvalue weighted by Gasteiger charge is 2.31. The van der Waals surface area contributed by atoms with Crippen molar-refractivity contribution in [3.05, 3.63) is 21.9 Å². The zero-order chi connectivity index (χ0) is 19.1. The predicted octanol–water partition coefficient (Wildman–Crippen LogP) is 2.91. The zero-order valence-electron chi connectivity index (χ0n) is 17.1. The molecule has 1 saturated heterocycles. The van der Waals surface area contributed by atoms with Crippen LogP contribution in [0.3, 0.4) is 0 Å². The molecular weight excluding hydrogens is 487 g/mol. The molecule has 2 fully saturated rings. The average molecular weight is 522 g/mol. The van der Waals surface area contributed by atoms with Crippen molar-refractivity contribution >= 4 is 41.3 Å². The highest BCUT2D eigenvalue weighted by atomic mass is 127. The van der Waals surface area contributed by atoms with Crippen molar-refractivity contribution < 1.29 is 9.84 Å². The Morgan fingerprint density at radius 2 is 2.00 bits per heavy atom. The summed E-state index contributed by atoms with van der Waals surface area (Å²) in [6, 6.07) is 4.75. The Labute approximate surface area is 190 Å². The normalized spacial score (nSPS) is 21.2. The van der Waals surface area contributed by atoms with Crippen molar-refractivity contribution in [2.75, 3.05) is 45.9 Å². The summed E-state index contributed by atoms with van der Waals surface area (Å²) < 4.78 is 5.54. The van der Waals surface area contributed by atoms with Gasteiger partial charge in [-0.25, -0.2) is 0 Å². The summed E-state index contributed by atoms with van der Waals surface area (Å²) in [5.74, 6) is 0.796. The fourth-order valence-corrected chi connectivity index (χ4v) is 4.90. The first-order valence-corrected chi connectivity index (χ1v) is 11.0. The van der Waals surface area contributed by atoms with E-state index in [4.69, 9.17) is 4.74 Å². The van der Waals surface area contributed by atoms with Crippen molar-refractivity contribution in [1.29, 1.82) is 0 Å². The third-order valence-corrected chi connectivity index (χ3v) is 6.55. The summed E-state index contributed by atoms with van der Waals surface area (Å²) in [7, 11) is 0. The molecule has 1 aliphatic carbocycles. The largest absolute Gasteiger partial charge is 0.388 e. The van der Waals surface area contributed by atoms with Crippen LogP contribution >= 0.6 is 35.3 Å². The molecular formula is C20H35IN4O2S. The van der Waals surface area contributed by atoms with Gasteiger partial charge in [0.2, 0.25) is 0 Å². The van der Waals surface area contributed by atoms with Crippen molar-refractivity contribution in [3.63, 3.8) is 0 Å². The number of aliphatic imine (C=N–C) groups is 1. The minimum atomic E-state index is -0.614. The van der Waals surface area contributed by atoms with Gasteiger partial charge in [0.15, 0.2) is 5.96 Å². The number of ether oxygens (including phenoxy) is 1. The standard InChI is InChI=1S/C20H34N4O2S.HI/c1-3-21-19(23-15-20(25)8-4-5-9-20)22-14-17(18-7-6-16(2)27-18)24-10-12-26-13-11-24;/h6-7,17,25H,3-5,8-15H2,1-2H3,(H2,21,22,23);1H. The van der Waals surface area contributed by atoms with Crippen LogP contribution < -0.4 is 10.6 Å². The van der Waals surface area contributed by atoms with Gasteiger partial charge in [-0.3, -0.25) is 9.89 Å². The van der Waals surface area contributed by atoms with Crippen molar-refractivity contribution in [3.8, 4) is 0 Å². The second-order valence-electron chi connectivity index (χ2n) is 7.62. The number of hydrogen-bond donors (Lipinski definition) is 3. The number of aryl methyl sites for hydroxylation is 1. The molecule has 2 heterocycles. The lowest BCUT2D eigenvalue weighted by molar-refractivity contribution is 0.0177. The Morgan fingerprint density at radius 1 is 1.29 bits per heavy atom. The van der Waals surface area contributed by atoms with Gasteiger partial charge in [0, 0.05) is 35.9 Å². The first-order valence-electron chi connectivity index (χ1n) is 10.2. The predicted molar refractivity (Wildman–Crippen MR) is 127 cm³/mol. The number of rotatable bonds is 7. The maximum Gasteiger partial charge on any atom is 0.191 e. The minimum Gasteiger partial charge on any atom is -0.388 e. The van der Waals surface area contributed by atoms with Gasteiger partial charge in [0.1, 0.15) is 0 Å². The van der Waals surface area contributed by atoms with E-state index in [0.29, 0.717) is 12.6 Å². The van der Waals surface area contributed by atoms with Gasteiger partial charge in [-0.05, 0) is 38.8 Å². The van der Waals surface area contributed by atoms with Crippen molar-refractivity contribution in [2.24, 2.45) is 4.99 Å². The molecule has 2 aliphatic rings. The number of nitrogens with one attached hydrogen (secondary N) is 2. The van der Waals surface area contributed by atoms with Gasteiger partial charge >= 0.3 is 0 Å². The number of hydrogen-bond acceptors (Lipinski definition) is 5. The fourth-order valence-electron chi connectivity index (χ4n) is 3.88. The maximum atomic E-state index is 10.6. The average Bonchev–Trinajstić information content (AvgIpc) is 3.30. The lowest BCUT2D eigenvalue weighted by atomic mass is 10.0. The van der Waals surface area contributed by atoms with Gasteiger partial charge in [-0.15, -0.1) is 35.3 Å². The maximum absolute atomic E-state index is 10.6. The molecule has 1 aromatic rings. The van der Waals surface area contributed by atoms with Crippen LogP contribution in [-0.2, 0) is 4.74 Å². The smallest absolute Gasteiger partial charge is 0.191 e. The molecule has 0 spiro atoms. The molecule has 1 aromatic heterocycles. The lowest BCUT2D eigenvalue weighted by Gasteiger charge is -2.34. The summed E-state index contributed by atoms with van der Waals surface area (Å²) in [4.78, 5) is 9.91. The zero-order valence-corrected chi connectivity index (χ0v) is 20.2. The van der Waals surface area contributed by atoms with E-state index >= 15 is 0 Å². The molecule has 1 aliphatic heterocycles. The van der Waals surface area contributed by atoms with Crippen LogP contribution in [0.4, 0.5) is 0 Å². The number of morpholine rings is 1. The Morgan fingerprint density at radius 3 is 2.61 bits per heavy atom. The van der Waals surface area contributed by atoms with E-state index < -0.39 is 5.60 Å². The molecule has 1 saturated carbocycles. The number of guanidine groups is 1. The van der Waals surface area contributed by atoms with E-state index in [1.165, 1.54) is 9.75 Å². The van der Waals surface area contributed by atoms with Gasteiger partial charge in [-0.1, -0.05) is 12.8 Å². The number of halogens is 1. The first-order chi connectivity index (χ1) is 13.1. The quantitative estimate of drug-likeness (QED) is 0.292. The van der Waals surface area contributed by atoms with Gasteiger partial charge in [-0.2, -0.15) is 0 Å². The van der Waals surface area contributed by atoms with Crippen LogP contribution in [0.5, 0.6) is 0 Å². The molecule has 8 heteroatoms. The number of nitrogens with zero attached hydrogens (tertiary/aromatic N) is 2. The summed E-state index contributed by atoms with van der Waals surface area (Å²) in [5.41, 5.74) is -0.614.